The number of H-pyrrole nitrogens is 2. The van der Waals surface area contributed by atoms with Gasteiger partial charge in [-0.15, -0.1) is 11.8 Å². The van der Waals surface area contributed by atoms with Crippen LogP contribution in [0.4, 0.5) is 0 Å². The van der Waals surface area contributed by atoms with E-state index in [9.17, 15) is 19.8 Å². The molecule has 0 bridgehead atoms. The van der Waals surface area contributed by atoms with Gasteiger partial charge >= 0.3 is 0 Å². The van der Waals surface area contributed by atoms with Gasteiger partial charge in [-0.25, -0.2) is 9.97 Å². The van der Waals surface area contributed by atoms with Crippen LogP contribution < -0.4 is 0 Å². The van der Waals surface area contributed by atoms with Gasteiger partial charge in [-0.1, -0.05) is 50.2 Å². The lowest BCUT2D eigenvalue weighted by atomic mass is 9.79. The van der Waals surface area contributed by atoms with E-state index in [-0.39, 0.29) is 28.6 Å². The van der Waals surface area contributed by atoms with Crippen LogP contribution in [0, 0.1) is 5.92 Å². The third-order valence-electron chi connectivity index (χ3n) is 12.1. The van der Waals surface area contributed by atoms with Crippen molar-refractivity contribution in [2.75, 3.05) is 18.8 Å². The average molecular weight is 737 g/mol. The first-order valence-electron chi connectivity index (χ1n) is 18.6. The fourth-order valence-corrected chi connectivity index (χ4v) is 10.0. The van der Waals surface area contributed by atoms with Crippen LogP contribution in [0.3, 0.4) is 0 Å². The molecule has 3 saturated heterocycles. The number of nitrogens with zero attached hydrogens (tertiary/aromatic N) is 4. The van der Waals surface area contributed by atoms with Gasteiger partial charge in [0.1, 0.15) is 11.6 Å². The average Bonchev–Trinajstić information content (AvgIpc) is 3.89. The number of carbonyl (C=O) groups is 2. The molecule has 272 valence electrons. The summed E-state index contributed by atoms with van der Waals surface area (Å²) < 4.78 is 0. The largest absolute Gasteiger partial charge is 0.393 e. The maximum atomic E-state index is 13.6. The maximum absolute atomic E-state index is 13.6. The van der Waals surface area contributed by atoms with Crippen LogP contribution >= 0.6 is 11.8 Å². The molecule has 2 amide bonds. The number of amides is 2. The molecule has 4 N–H and O–H groups in total. The monoisotopic (exact) mass is 736 g/mol. The van der Waals surface area contributed by atoms with Gasteiger partial charge in [0.15, 0.2) is 0 Å². The van der Waals surface area contributed by atoms with Crippen molar-refractivity contribution >= 4 is 55.9 Å². The molecule has 7 atom stereocenters. The van der Waals surface area contributed by atoms with Crippen molar-refractivity contribution in [2.24, 2.45) is 5.92 Å². The molecule has 5 aromatic rings. The molecule has 0 saturated carbocycles. The van der Waals surface area contributed by atoms with E-state index in [1.807, 2.05) is 34.6 Å². The molecule has 0 aliphatic carbocycles. The number of benzene rings is 3. The normalized spacial score (nSPS) is 24.7. The van der Waals surface area contributed by atoms with E-state index in [1.165, 1.54) is 0 Å². The van der Waals surface area contributed by atoms with Crippen molar-refractivity contribution in [3.63, 3.8) is 0 Å². The highest BCUT2D eigenvalue weighted by molar-refractivity contribution is 8.01. The Kier molecular flexibility index (Phi) is 8.87. The molecule has 12 heteroatoms. The molecule has 0 spiro atoms. The Morgan fingerprint density at radius 2 is 1.48 bits per heavy atom. The van der Waals surface area contributed by atoms with E-state index in [0.717, 1.165) is 94.0 Å². The number of hydrogen-bond acceptors (Lipinski definition) is 7. The predicted octanol–water partition coefficient (Wildman–Crippen LogP) is 5.31. The molecular formula is C40H48N6O4SSi. The highest BCUT2D eigenvalue weighted by Crippen LogP contribution is 2.55. The van der Waals surface area contributed by atoms with Crippen LogP contribution in [0.15, 0.2) is 60.7 Å². The van der Waals surface area contributed by atoms with Crippen LogP contribution in [0.25, 0.3) is 44.3 Å². The lowest BCUT2D eigenvalue weighted by Gasteiger charge is -2.56. The van der Waals surface area contributed by atoms with Crippen molar-refractivity contribution in [3.05, 3.63) is 72.3 Å². The third-order valence-corrected chi connectivity index (χ3v) is 15.1. The minimum Gasteiger partial charge on any atom is -0.393 e. The van der Waals surface area contributed by atoms with Gasteiger partial charge in [0.05, 0.1) is 62.1 Å². The molecule has 7 unspecified atom stereocenters. The summed E-state index contributed by atoms with van der Waals surface area (Å²) in [6.45, 7) is 8.48. The molecule has 0 radical (unpaired) electrons. The quantitative estimate of drug-likeness (QED) is 0.159. The van der Waals surface area contributed by atoms with Crippen molar-refractivity contribution in [1.29, 1.82) is 0 Å². The second-order valence-electron chi connectivity index (χ2n) is 15.8. The summed E-state index contributed by atoms with van der Waals surface area (Å²) in [7, 11) is 0.593. The zero-order chi connectivity index (χ0) is 36.5. The number of aliphatic hydroxyl groups excluding tert-OH is 2. The fraction of sp³-hybridized carbons (Fsp3) is 0.450. The molecule has 3 aromatic carbocycles. The molecule has 3 aliphatic heterocycles. The summed E-state index contributed by atoms with van der Waals surface area (Å²) >= 11 is 1.82. The van der Waals surface area contributed by atoms with Crippen molar-refractivity contribution in [3.8, 4) is 22.3 Å². The van der Waals surface area contributed by atoms with Crippen LogP contribution in [0.1, 0.15) is 71.1 Å². The topological polar surface area (TPSA) is 138 Å². The second kappa shape index (κ2) is 13.2. The maximum Gasteiger partial charge on any atom is 0.228 e. The first kappa shape index (κ1) is 35.1. The first-order chi connectivity index (χ1) is 24.9. The Labute approximate surface area is 311 Å². The van der Waals surface area contributed by atoms with Crippen molar-refractivity contribution < 1.29 is 19.8 Å². The molecule has 52 heavy (non-hydrogen) atoms. The summed E-state index contributed by atoms with van der Waals surface area (Å²) in [4.78, 5) is 47.7. The van der Waals surface area contributed by atoms with Gasteiger partial charge in [0.25, 0.3) is 0 Å². The number of aliphatic hydroxyl groups is 2. The Morgan fingerprint density at radius 1 is 0.885 bits per heavy atom. The Hall–Kier alpha value is -3.97. The van der Waals surface area contributed by atoms with E-state index < -0.39 is 23.2 Å². The summed E-state index contributed by atoms with van der Waals surface area (Å²) in [5.74, 6) is 2.28. The number of aromatic nitrogens is 4. The predicted molar refractivity (Wildman–Crippen MR) is 210 cm³/mol. The molecule has 10 nitrogen and oxygen atoms in total. The van der Waals surface area contributed by atoms with Gasteiger partial charge < -0.3 is 30.0 Å². The molecule has 2 aromatic heterocycles. The number of nitrogens with one attached hydrogen (secondary N) is 2. The SMILES string of the molecule is CC(O)C(C)C(=O)N1CCCC1c1nc2ccc(-c3ccc(-c4ccc5nc(C67CCCN(C(=O)C(C)([SiH3])C(C)O)C6SC7)[nH]c5c4)cc3)cc2[nH]1. The minimum atomic E-state index is -0.702. The van der Waals surface area contributed by atoms with Crippen molar-refractivity contribution in [2.45, 2.75) is 87.5 Å². The van der Waals surface area contributed by atoms with Crippen molar-refractivity contribution in [1.82, 2.24) is 29.7 Å². The summed E-state index contributed by atoms with van der Waals surface area (Å²) in [6.07, 6.45) is 2.32. The van der Waals surface area contributed by atoms with E-state index in [0.29, 0.717) is 16.8 Å². The minimum absolute atomic E-state index is 0.0275. The summed E-state index contributed by atoms with van der Waals surface area (Å²) in [5.41, 5.74) is 7.91. The van der Waals surface area contributed by atoms with Crippen LogP contribution in [0.5, 0.6) is 0 Å². The lowest BCUT2D eigenvalue weighted by molar-refractivity contribution is -0.141. The number of imidazole rings is 2. The van der Waals surface area contributed by atoms with Gasteiger partial charge in [0.2, 0.25) is 11.8 Å². The van der Waals surface area contributed by atoms with Gasteiger partial charge in [-0.2, -0.15) is 0 Å². The fourth-order valence-electron chi connectivity index (χ4n) is 8.12. The number of thioether (sulfide) groups is 1. The standard InChI is InChI=1S/C40H48N6O4SSi/c1-22(23(2)47)35(49)45-17-5-7-33(45)34-41-29-14-12-27(19-31(29)42-34)25-8-10-26(11-9-25)28-13-15-30-32(20-28)44-36(43-30)40-16-6-18-46(38(40)51-21-40)37(50)39(4,52)24(3)48/h8-15,19-20,22-24,33,38,47-48H,5-7,16-18,21H2,1-4,52H3,(H,41,42)(H,43,44). The molecular weight excluding hydrogens is 689 g/mol. The molecule has 8 rings (SSSR count). The number of likely N-dealkylation sites (tertiary alicyclic amines) is 2. The van der Waals surface area contributed by atoms with Gasteiger partial charge in [-0.3, -0.25) is 9.59 Å². The zero-order valence-corrected chi connectivity index (χ0v) is 33.3. The van der Waals surface area contributed by atoms with Gasteiger partial charge in [0, 0.05) is 29.1 Å². The van der Waals surface area contributed by atoms with E-state index in [2.05, 4.69) is 64.6 Å². The smallest absolute Gasteiger partial charge is 0.228 e. The Balaban J connectivity index is 1.01. The second-order valence-corrected chi connectivity index (χ2v) is 18.9. The van der Waals surface area contributed by atoms with E-state index >= 15 is 0 Å². The molecule has 3 fully saturated rings. The summed E-state index contributed by atoms with van der Waals surface area (Å²) in [6, 6.07) is 21.1. The van der Waals surface area contributed by atoms with Crippen LogP contribution in [-0.4, -0.2) is 98.4 Å². The van der Waals surface area contributed by atoms with E-state index in [4.69, 9.17) is 9.97 Å². The van der Waals surface area contributed by atoms with Gasteiger partial charge in [-0.05, 0) is 86.1 Å². The number of piperidine rings is 1. The van der Waals surface area contributed by atoms with E-state index in [1.54, 1.807) is 20.8 Å². The number of aromatic amines is 2. The van der Waals surface area contributed by atoms with Crippen LogP contribution in [-0.2, 0) is 15.0 Å². The number of fused-ring (bicyclic) bond motifs is 3. The first-order valence-corrected chi connectivity index (χ1v) is 20.6. The highest BCUT2D eigenvalue weighted by Gasteiger charge is 2.58. The summed E-state index contributed by atoms with van der Waals surface area (Å²) in [5, 5.41) is 19.7. The lowest BCUT2D eigenvalue weighted by Crippen LogP contribution is -2.64. The zero-order valence-electron chi connectivity index (χ0n) is 30.5. The number of carbonyl (C=O) groups excluding carboxylic acids is 2. The number of hydrogen-bond donors (Lipinski definition) is 4. The highest BCUT2D eigenvalue weighted by atomic mass is 32.2. The third kappa shape index (κ3) is 5.78. The Bertz CT molecular complexity index is 2160. The molecule has 5 heterocycles. The Morgan fingerprint density at radius 3 is 2.08 bits per heavy atom. The van der Waals surface area contributed by atoms with Crippen LogP contribution in [0.2, 0.25) is 5.04 Å². The molecule has 3 aliphatic rings. The number of rotatable bonds is 8.